The second-order valence-corrected chi connectivity index (χ2v) is 5.90. The highest BCUT2D eigenvalue weighted by atomic mass is 32.2. The number of thioether (sulfide) groups is 1. The summed E-state index contributed by atoms with van der Waals surface area (Å²) in [6.07, 6.45) is 1.76. The summed E-state index contributed by atoms with van der Waals surface area (Å²) < 4.78 is 0.555. The number of phenols is 1. The molecular formula is C13H13NO2S2. The Balaban J connectivity index is 2.40. The van der Waals surface area contributed by atoms with Crippen LogP contribution in [0.5, 0.6) is 5.75 Å². The van der Waals surface area contributed by atoms with Gasteiger partial charge in [-0.15, -0.1) is 0 Å². The number of carbonyl (C=O) groups is 1. The van der Waals surface area contributed by atoms with Crippen LogP contribution in [0.1, 0.15) is 16.7 Å². The molecule has 0 radical (unpaired) electrons. The first-order chi connectivity index (χ1) is 8.40. The molecule has 1 N–H and O–H groups in total. The van der Waals surface area contributed by atoms with E-state index in [4.69, 9.17) is 12.2 Å². The van der Waals surface area contributed by atoms with Crippen LogP contribution in [0.15, 0.2) is 17.0 Å². The van der Waals surface area contributed by atoms with Crippen molar-refractivity contribution in [2.45, 2.75) is 13.8 Å². The molecule has 3 nitrogen and oxygen atoms in total. The Bertz CT molecular complexity index is 555. The lowest BCUT2D eigenvalue weighted by molar-refractivity contribution is -0.121. The van der Waals surface area contributed by atoms with Gasteiger partial charge >= 0.3 is 0 Å². The number of rotatable bonds is 1. The summed E-state index contributed by atoms with van der Waals surface area (Å²) in [4.78, 5) is 13.9. The van der Waals surface area contributed by atoms with E-state index in [2.05, 4.69) is 0 Å². The van der Waals surface area contributed by atoms with Crippen LogP contribution >= 0.6 is 24.0 Å². The zero-order valence-corrected chi connectivity index (χ0v) is 12.0. The molecule has 1 aliphatic heterocycles. The van der Waals surface area contributed by atoms with Crippen LogP contribution in [-0.4, -0.2) is 27.3 Å². The Labute approximate surface area is 115 Å². The summed E-state index contributed by atoms with van der Waals surface area (Å²) >= 11 is 6.34. The number of nitrogens with zero attached hydrogens (tertiary/aromatic N) is 1. The maximum atomic E-state index is 11.8. The number of aromatic hydroxyl groups is 1. The molecule has 94 valence electrons. The van der Waals surface area contributed by atoms with Gasteiger partial charge < -0.3 is 5.11 Å². The molecule has 18 heavy (non-hydrogen) atoms. The van der Waals surface area contributed by atoms with Crippen molar-refractivity contribution in [1.29, 1.82) is 0 Å². The zero-order valence-electron chi connectivity index (χ0n) is 10.4. The van der Waals surface area contributed by atoms with E-state index < -0.39 is 0 Å². The minimum absolute atomic E-state index is 0.0947. The normalized spacial score (nSPS) is 17.9. The lowest BCUT2D eigenvalue weighted by Crippen LogP contribution is -2.22. The Morgan fingerprint density at radius 2 is 2.06 bits per heavy atom. The number of carbonyl (C=O) groups excluding carboxylic acids is 1. The van der Waals surface area contributed by atoms with Gasteiger partial charge in [-0.05, 0) is 42.7 Å². The summed E-state index contributed by atoms with van der Waals surface area (Å²) in [7, 11) is 1.66. The molecule has 0 bridgehead atoms. The molecule has 0 aromatic heterocycles. The molecule has 0 saturated carbocycles. The Morgan fingerprint density at radius 1 is 1.39 bits per heavy atom. The smallest absolute Gasteiger partial charge is 0.265 e. The van der Waals surface area contributed by atoms with E-state index in [1.54, 1.807) is 19.2 Å². The summed E-state index contributed by atoms with van der Waals surface area (Å²) in [5, 5.41) is 9.77. The zero-order chi connectivity index (χ0) is 13.4. The molecule has 1 heterocycles. The molecule has 1 amide bonds. The lowest BCUT2D eigenvalue weighted by atomic mass is 10.0. The number of aryl methyl sites for hydroxylation is 1. The minimum Gasteiger partial charge on any atom is -0.508 e. The molecule has 1 aliphatic rings. The standard InChI is InChI=1S/C13H13NO2S2/c1-7-4-9(5-10(15)8(7)2)6-11-12(16)14(3)13(17)18-11/h4-6,15H,1-3H3/b11-6-. The molecule has 5 heteroatoms. The highest BCUT2D eigenvalue weighted by Crippen LogP contribution is 2.32. The third-order valence-electron chi connectivity index (χ3n) is 2.95. The average Bonchev–Trinajstić information content (AvgIpc) is 2.54. The molecule has 0 atom stereocenters. The van der Waals surface area contributed by atoms with E-state index >= 15 is 0 Å². The summed E-state index contributed by atoms with van der Waals surface area (Å²) in [6.45, 7) is 3.79. The van der Waals surface area contributed by atoms with Crippen LogP contribution in [0.2, 0.25) is 0 Å². The van der Waals surface area contributed by atoms with Crippen LogP contribution in [0, 0.1) is 13.8 Å². The molecule has 1 aromatic rings. The fourth-order valence-corrected chi connectivity index (χ4v) is 2.83. The topological polar surface area (TPSA) is 40.5 Å². The summed E-state index contributed by atoms with van der Waals surface area (Å²) in [5.41, 5.74) is 2.66. The van der Waals surface area contributed by atoms with Gasteiger partial charge in [0.15, 0.2) is 0 Å². The van der Waals surface area contributed by atoms with Crippen LogP contribution < -0.4 is 0 Å². The number of hydrogen-bond donors (Lipinski definition) is 1. The maximum Gasteiger partial charge on any atom is 0.265 e. The van der Waals surface area contributed by atoms with E-state index in [1.807, 2.05) is 19.9 Å². The molecule has 0 spiro atoms. The highest BCUT2D eigenvalue weighted by molar-refractivity contribution is 8.26. The van der Waals surface area contributed by atoms with Gasteiger partial charge in [-0.3, -0.25) is 9.69 Å². The first kappa shape index (κ1) is 13.1. The minimum atomic E-state index is -0.0947. The molecule has 1 fully saturated rings. The first-order valence-electron chi connectivity index (χ1n) is 5.42. The van der Waals surface area contributed by atoms with E-state index in [-0.39, 0.29) is 11.7 Å². The molecule has 1 aromatic carbocycles. The summed E-state index contributed by atoms with van der Waals surface area (Å²) in [5.74, 6) is 0.149. The predicted molar refractivity (Wildman–Crippen MR) is 78.5 cm³/mol. The monoisotopic (exact) mass is 279 g/mol. The van der Waals surface area contributed by atoms with Gasteiger partial charge in [0.1, 0.15) is 10.1 Å². The Kier molecular flexibility index (Phi) is 3.45. The Morgan fingerprint density at radius 3 is 2.56 bits per heavy atom. The van der Waals surface area contributed by atoms with Crippen molar-refractivity contribution in [3.05, 3.63) is 33.7 Å². The molecule has 1 saturated heterocycles. The first-order valence-corrected chi connectivity index (χ1v) is 6.64. The highest BCUT2D eigenvalue weighted by Gasteiger charge is 2.28. The second-order valence-electron chi connectivity index (χ2n) is 4.22. The quantitative estimate of drug-likeness (QED) is 0.634. The number of amides is 1. The SMILES string of the molecule is Cc1cc(/C=C2\SC(=S)N(C)C2=O)cc(O)c1C. The van der Waals surface area contributed by atoms with Gasteiger partial charge in [-0.25, -0.2) is 0 Å². The van der Waals surface area contributed by atoms with E-state index in [9.17, 15) is 9.90 Å². The summed E-state index contributed by atoms with van der Waals surface area (Å²) in [6, 6.07) is 3.60. The van der Waals surface area contributed by atoms with Gasteiger partial charge in [0.25, 0.3) is 5.91 Å². The number of benzene rings is 1. The number of phenolic OH excluding ortho intramolecular Hbond substituents is 1. The van der Waals surface area contributed by atoms with Crippen LogP contribution in [0.3, 0.4) is 0 Å². The van der Waals surface area contributed by atoms with Crippen LogP contribution in [0.4, 0.5) is 0 Å². The third-order valence-corrected chi connectivity index (χ3v) is 4.43. The van der Waals surface area contributed by atoms with E-state index in [0.29, 0.717) is 9.23 Å². The largest absolute Gasteiger partial charge is 0.508 e. The lowest BCUT2D eigenvalue weighted by Gasteiger charge is -2.06. The molecular weight excluding hydrogens is 266 g/mol. The maximum absolute atomic E-state index is 11.8. The van der Waals surface area contributed by atoms with Gasteiger partial charge in [0, 0.05) is 7.05 Å². The van der Waals surface area contributed by atoms with Gasteiger partial charge in [0.2, 0.25) is 0 Å². The van der Waals surface area contributed by atoms with Gasteiger partial charge in [-0.2, -0.15) is 0 Å². The van der Waals surface area contributed by atoms with Gasteiger partial charge in [-0.1, -0.05) is 30.0 Å². The fourth-order valence-electron chi connectivity index (χ4n) is 1.65. The second kappa shape index (κ2) is 4.74. The predicted octanol–water partition coefficient (Wildman–Crippen LogP) is 2.84. The van der Waals surface area contributed by atoms with Gasteiger partial charge in [0.05, 0.1) is 4.91 Å². The Hall–Kier alpha value is -1.33. The van der Waals surface area contributed by atoms with Crippen molar-refractivity contribution in [2.24, 2.45) is 0 Å². The fraction of sp³-hybridized carbons (Fsp3) is 0.231. The molecule has 0 aliphatic carbocycles. The van der Waals surface area contributed by atoms with Crippen molar-refractivity contribution in [1.82, 2.24) is 4.90 Å². The number of thiocarbonyl (C=S) groups is 1. The number of likely N-dealkylation sites (N-methyl/N-ethyl adjacent to an activating group) is 1. The van der Waals surface area contributed by atoms with Crippen LogP contribution in [0.25, 0.3) is 6.08 Å². The van der Waals surface area contributed by atoms with E-state index in [0.717, 1.165) is 16.7 Å². The van der Waals surface area contributed by atoms with Crippen molar-refractivity contribution >= 4 is 40.3 Å². The number of hydrogen-bond acceptors (Lipinski definition) is 4. The molecule has 2 rings (SSSR count). The average molecular weight is 279 g/mol. The van der Waals surface area contributed by atoms with Crippen molar-refractivity contribution in [2.75, 3.05) is 7.05 Å². The van der Waals surface area contributed by atoms with E-state index in [1.165, 1.54) is 16.7 Å². The third kappa shape index (κ3) is 2.28. The van der Waals surface area contributed by atoms with Crippen LogP contribution in [-0.2, 0) is 4.79 Å². The van der Waals surface area contributed by atoms with Crippen molar-refractivity contribution in [3.8, 4) is 5.75 Å². The molecule has 0 unspecified atom stereocenters. The van der Waals surface area contributed by atoms with Crippen molar-refractivity contribution < 1.29 is 9.90 Å². The van der Waals surface area contributed by atoms with Crippen molar-refractivity contribution in [3.63, 3.8) is 0 Å².